The van der Waals surface area contributed by atoms with Gasteiger partial charge in [-0.3, -0.25) is 0 Å². The highest BCUT2D eigenvalue weighted by molar-refractivity contribution is 5.29. The van der Waals surface area contributed by atoms with E-state index in [9.17, 15) is 0 Å². The summed E-state index contributed by atoms with van der Waals surface area (Å²) in [6, 6.07) is 9.53. The third-order valence-electron chi connectivity index (χ3n) is 5.01. The van der Waals surface area contributed by atoms with E-state index < -0.39 is 0 Å². The Labute approximate surface area is 117 Å². The van der Waals surface area contributed by atoms with Crippen LogP contribution < -0.4 is 5.32 Å². The predicted molar refractivity (Wildman–Crippen MR) is 81.7 cm³/mol. The number of rotatable bonds is 2. The Balaban J connectivity index is 1.74. The van der Waals surface area contributed by atoms with E-state index in [1.165, 1.54) is 64.5 Å². The lowest BCUT2D eigenvalue weighted by atomic mass is 9.86. The Hall–Kier alpha value is -0.820. The summed E-state index contributed by atoms with van der Waals surface area (Å²) in [5.41, 5.74) is 3.19. The highest BCUT2D eigenvalue weighted by atomic mass is 14.9. The zero-order valence-electron chi connectivity index (χ0n) is 12.0. The molecule has 1 atom stereocenters. The van der Waals surface area contributed by atoms with Crippen LogP contribution in [-0.4, -0.2) is 13.1 Å². The number of benzene rings is 1. The molecule has 2 fully saturated rings. The molecule has 1 aliphatic carbocycles. The van der Waals surface area contributed by atoms with E-state index >= 15 is 0 Å². The minimum atomic E-state index is 0.750. The van der Waals surface area contributed by atoms with Gasteiger partial charge in [-0.15, -0.1) is 0 Å². The van der Waals surface area contributed by atoms with Crippen LogP contribution in [0.3, 0.4) is 0 Å². The third kappa shape index (κ3) is 3.39. The molecule has 1 N–H and O–H groups in total. The number of hydrogen-bond donors (Lipinski definition) is 1. The summed E-state index contributed by atoms with van der Waals surface area (Å²) in [5, 5.41) is 3.54. The first kappa shape index (κ1) is 13.2. The van der Waals surface area contributed by atoms with Crippen molar-refractivity contribution in [2.75, 3.05) is 13.1 Å². The van der Waals surface area contributed by atoms with Crippen LogP contribution in [0.15, 0.2) is 24.3 Å². The van der Waals surface area contributed by atoms with Crippen LogP contribution in [0.25, 0.3) is 0 Å². The molecule has 2 aliphatic rings. The van der Waals surface area contributed by atoms with Gasteiger partial charge in [-0.1, -0.05) is 49.9 Å². The average molecular weight is 257 g/mol. The van der Waals surface area contributed by atoms with Crippen LogP contribution in [0.5, 0.6) is 0 Å². The average Bonchev–Trinajstić information content (AvgIpc) is 2.77. The summed E-state index contributed by atoms with van der Waals surface area (Å²) in [5.74, 6) is 1.58. The first-order chi connectivity index (χ1) is 9.43. The van der Waals surface area contributed by atoms with Crippen molar-refractivity contribution in [1.82, 2.24) is 5.32 Å². The van der Waals surface area contributed by atoms with Gasteiger partial charge in [0.25, 0.3) is 0 Å². The number of nitrogens with one attached hydrogen (secondary N) is 1. The molecule has 0 aromatic heterocycles. The second-order valence-electron chi connectivity index (χ2n) is 6.40. The number of hydrogen-bond acceptors (Lipinski definition) is 1. The summed E-state index contributed by atoms with van der Waals surface area (Å²) in [4.78, 5) is 0. The zero-order valence-corrected chi connectivity index (χ0v) is 12.0. The van der Waals surface area contributed by atoms with E-state index in [1.807, 2.05) is 0 Å². The molecule has 0 amide bonds. The minimum Gasteiger partial charge on any atom is -0.316 e. The highest BCUT2D eigenvalue weighted by Crippen LogP contribution is 2.33. The fourth-order valence-corrected chi connectivity index (χ4v) is 3.82. The zero-order chi connectivity index (χ0) is 12.9. The van der Waals surface area contributed by atoms with E-state index in [-0.39, 0.29) is 0 Å². The predicted octanol–water partition coefficient (Wildman–Crippen LogP) is 4.59. The SMILES string of the molecule is c1cc(C2CCCCCC2)cc(C2CCCNC2)c1. The van der Waals surface area contributed by atoms with Crippen molar-refractivity contribution in [2.45, 2.75) is 63.2 Å². The normalized spacial score (nSPS) is 26.0. The molecule has 1 aromatic rings. The Morgan fingerprint density at radius 2 is 1.47 bits per heavy atom. The Morgan fingerprint density at radius 3 is 2.16 bits per heavy atom. The summed E-state index contributed by atoms with van der Waals surface area (Å²) >= 11 is 0. The second kappa shape index (κ2) is 6.56. The van der Waals surface area contributed by atoms with Crippen molar-refractivity contribution in [3.05, 3.63) is 35.4 Å². The van der Waals surface area contributed by atoms with Gasteiger partial charge in [0.1, 0.15) is 0 Å². The van der Waals surface area contributed by atoms with Crippen LogP contribution in [0.2, 0.25) is 0 Å². The van der Waals surface area contributed by atoms with E-state index in [0.717, 1.165) is 11.8 Å². The van der Waals surface area contributed by atoms with Crippen LogP contribution in [0.4, 0.5) is 0 Å². The topological polar surface area (TPSA) is 12.0 Å². The molecule has 0 bridgehead atoms. The van der Waals surface area contributed by atoms with Gasteiger partial charge in [0, 0.05) is 6.54 Å². The smallest absolute Gasteiger partial charge is 0.00201 e. The summed E-state index contributed by atoms with van der Waals surface area (Å²) in [6.45, 7) is 2.38. The van der Waals surface area contributed by atoms with Crippen molar-refractivity contribution in [3.63, 3.8) is 0 Å². The lowest BCUT2D eigenvalue weighted by Crippen LogP contribution is -2.28. The molecule has 19 heavy (non-hydrogen) atoms. The molecule has 1 nitrogen and oxygen atoms in total. The molecule has 104 valence electrons. The first-order valence-electron chi connectivity index (χ1n) is 8.24. The van der Waals surface area contributed by atoms with Gasteiger partial charge in [0.05, 0.1) is 0 Å². The monoisotopic (exact) mass is 257 g/mol. The van der Waals surface area contributed by atoms with E-state index in [2.05, 4.69) is 29.6 Å². The molecule has 1 saturated heterocycles. The van der Waals surface area contributed by atoms with Gasteiger partial charge in [-0.25, -0.2) is 0 Å². The molecule has 3 rings (SSSR count). The molecule has 1 heteroatoms. The number of piperidine rings is 1. The van der Waals surface area contributed by atoms with Crippen molar-refractivity contribution < 1.29 is 0 Å². The fraction of sp³-hybridized carbons (Fsp3) is 0.667. The van der Waals surface area contributed by atoms with Gasteiger partial charge in [-0.05, 0) is 55.2 Å². The Bertz CT molecular complexity index is 384. The minimum absolute atomic E-state index is 0.750. The van der Waals surface area contributed by atoms with E-state index in [1.54, 1.807) is 11.1 Å². The van der Waals surface area contributed by atoms with Gasteiger partial charge in [0.2, 0.25) is 0 Å². The quantitative estimate of drug-likeness (QED) is 0.764. The van der Waals surface area contributed by atoms with Crippen LogP contribution in [0.1, 0.15) is 74.3 Å². The van der Waals surface area contributed by atoms with Crippen molar-refractivity contribution in [3.8, 4) is 0 Å². The molecule has 0 radical (unpaired) electrons. The van der Waals surface area contributed by atoms with Crippen LogP contribution in [-0.2, 0) is 0 Å². The van der Waals surface area contributed by atoms with E-state index in [4.69, 9.17) is 0 Å². The summed E-state index contributed by atoms with van der Waals surface area (Å²) < 4.78 is 0. The Morgan fingerprint density at radius 1 is 0.789 bits per heavy atom. The van der Waals surface area contributed by atoms with Gasteiger partial charge >= 0.3 is 0 Å². The van der Waals surface area contributed by atoms with Crippen molar-refractivity contribution in [1.29, 1.82) is 0 Å². The molecule has 1 heterocycles. The molecule has 1 saturated carbocycles. The highest BCUT2D eigenvalue weighted by Gasteiger charge is 2.18. The third-order valence-corrected chi connectivity index (χ3v) is 5.01. The van der Waals surface area contributed by atoms with Crippen LogP contribution >= 0.6 is 0 Å². The molecule has 1 aliphatic heterocycles. The fourth-order valence-electron chi connectivity index (χ4n) is 3.82. The van der Waals surface area contributed by atoms with Gasteiger partial charge < -0.3 is 5.32 Å². The lowest BCUT2D eigenvalue weighted by molar-refractivity contribution is 0.461. The summed E-state index contributed by atoms with van der Waals surface area (Å²) in [7, 11) is 0. The largest absolute Gasteiger partial charge is 0.316 e. The molecule has 0 spiro atoms. The molecule has 1 unspecified atom stereocenters. The lowest BCUT2D eigenvalue weighted by Gasteiger charge is -2.24. The van der Waals surface area contributed by atoms with Gasteiger partial charge in [-0.2, -0.15) is 0 Å². The molecule has 1 aromatic carbocycles. The van der Waals surface area contributed by atoms with Crippen LogP contribution in [0, 0.1) is 0 Å². The maximum atomic E-state index is 3.54. The second-order valence-corrected chi connectivity index (χ2v) is 6.40. The maximum Gasteiger partial charge on any atom is 0.00201 e. The Kier molecular flexibility index (Phi) is 4.55. The molecular weight excluding hydrogens is 230 g/mol. The standard InChI is InChI=1S/C18H27N/c1-2-4-8-15(7-3-1)16-9-5-10-17(13-16)18-11-6-12-19-14-18/h5,9-10,13,15,18-19H,1-4,6-8,11-12,14H2. The van der Waals surface area contributed by atoms with Crippen molar-refractivity contribution in [2.24, 2.45) is 0 Å². The van der Waals surface area contributed by atoms with Gasteiger partial charge in [0.15, 0.2) is 0 Å². The maximum absolute atomic E-state index is 3.54. The van der Waals surface area contributed by atoms with Crippen molar-refractivity contribution >= 4 is 0 Å². The first-order valence-corrected chi connectivity index (χ1v) is 8.24. The van der Waals surface area contributed by atoms with E-state index in [0.29, 0.717) is 0 Å². The molecular formula is C18H27N. The summed E-state index contributed by atoms with van der Waals surface area (Å²) in [6.07, 6.45) is 11.3.